The third kappa shape index (κ3) is 4.56. The molecule has 1 fully saturated rings. The van der Waals surface area contributed by atoms with Crippen molar-refractivity contribution in [3.05, 3.63) is 45.7 Å². The number of halogens is 1. The first kappa shape index (κ1) is 21.7. The molecule has 2 aliphatic heterocycles. The predicted octanol–water partition coefficient (Wildman–Crippen LogP) is 3.23. The quantitative estimate of drug-likeness (QED) is 0.710. The number of carbonyl (C=O) groups is 2. The maximum absolute atomic E-state index is 13.2. The standard InChI is InChI=1S/C23H29ClN4O3/c1-26-20-10-13-28(23(30)17-14-16(24)6-8-21(17)31-2)15-18(20)19(25-26)7-9-22(29)27-11-4-3-5-12-27/h6,8,14H,3-5,7,9-13,15H2,1-2H3. The van der Waals surface area contributed by atoms with Crippen LogP contribution in [0.15, 0.2) is 18.2 Å². The van der Waals surface area contributed by atoms with E-state index in [9.17, 15) is 9.59 Å². The fourth-order valence-corrected chi connectivity index (χ4v) is 4.76. The summed E-state index contributed by atoms with van der Waals surface area (Å²) in [6.07, 6.45) is 5.18. The van der Waals surface area contributed by atoms with E-state index in [4.69, 9.17) is 16.3 Å². The molecule has 0 spiro atoms. The summed E-state index contributed by atoms with van der Waals surface area (Å²) in [6, 6.07) is 5.08. The van der Waals surface area contributed by atoms with E-state index < -0.39 is 0 Å². The second kappa shape index (κ2) is 9.30. The van der Waals surface area contributed by atoms with Gasteiger partial charge in [0.25, 0.3) is 5.91 Å². The smallest absolute Gasteiger partial charge is 0.257 e. The molecule has 0 N–H and O–H groups in total. The Hall–Kier alpha value is -2.54. The minimum Gasteiger partial charge on any atom is -0.496 e. The molecule has 0 saturated carbocycles. The maximum Gasteiger partial charge on any atom is 0.257 e. The van der Waals surface area contributed by atoms with Crippen LogP contribution in [0.1, 0.15) is 53.0 Å². The van der Waals surface area contributed by atoms with Crippen molar-refractivity contribution in [2.45, 2.75) is 45.1 Å². The summed E-state index contributed by atoms with van der Waals surface area (Å²) in [6.45, 7) is 2.81. The van der Waals surface area contributed by atoms with Crippen molar-refractivity contribution in [2.75, 3.05) is 26.7 Å². The molecule has 2 amide bonds. The number of likely N-dealkylation sites (tertiary alicyclic amines) is 1. The molecule has 0 radical (unpaired) electrons. The van der Waals surface area contributed by atoms with Crippen LogP contribution in [0.4, 0.5) is 0 Å². The molecule has 7 nitrogen and oxygen atoms in total. The highest BCUT2D eigenvalue weighted by molar-refractivity contribution is 6.31. The first-order valence-electron chi connectivity index (χ1n) is 10.9. The fraction of sp³-hybridized carbons (Fsp3) is 0.522. The second-order valence-electron chi connectivity index (χ2n) is 8.26. The summed E-state index contributed by atoms with van der Waals surface area (Å²) in [5.41, 5.74) is 3.58. The van der Waals surface area contributed by atoms with E-state index in [0.29, 0.717) is 42.3 Å². The molecule has 3 heterocycles. The van der Waals surface area contributed by atoms with Gasteiger partial charge in [-0.2, -0.15) is 5.10 Å². The minimum absolute atomic E-state index is 0.107. The summed E-state index contributed by atoms with van der Waals surface area (Å²) < 4.78 is 7.27. The van der Waals surface area contributed by atoms with Gasteiger partial charge in [0, 0.05) is 68.8 Å². The molecule has 8 heteroatoms. The van der Waals surface area contributed by atoms with Crippen LogP contribution < -0.4 is 4.74 Å². The summed E-state index contributed by atoms with van der Waals surface area (Å²) >= 11 is 6.13. The number of piperidine rings is 1. The Morgan fingerprint density at radius 2 is 1.90 bits per heavy atom. The van der Waals surface area contributed by atoms with Crippen LogP contribution >= 0.6 is 11.6 Å². The van der Waals surface area contributed by atoms with Crippen LogP contribution in [0, 0.1) is 0 Å². The van der Waals surface area contributed by atoms with Gasteiger partial charge < -0.3 is 14.5 Å². The van der Waals surface area contributed by atoms with E-state index in [1.807, 2.05) is 21.5 Å². The number of fused-ring (bicyclic) bond motifs is 1. The van der Waals surface area contributed by atoms with Crippen molar-refractivity contribution in [3.63, 3.8) is 0 Å². The lowest BCUT2D eigenvalue weighted by molar-refractivity contribution is -0.132. The monoisotopic (exact) mass is 444 g/mol. The Balaban J connectivity index is 1.49. The molecule has 1 aromatic carbocycles. The Morgan fingerprint density at radius 3 is 2.65 bits per heavy atom. The van der Waals surface area contributed by atoms with Gasteiger partial charge in [0.1, 0.15) is 5.75 Å². The van der Waals surface area contributed by atoms with Gasteiger partial charge in [-0.15, -0.1) is 0 Å². The van der Waals surface area contributed by atoms with E-state index in [1.54, 1.807) is 25.3 Å². The zero-order chi connectivity index (χ0) is 22.0. The number of hydrogen-bond acceptors (Lipinski definition) is 4. The number of benzene rings is 1. The number of hydrogen-bond donors (Lipinski definition) is 0. The summed E-state index contributed by atoms with van der Waals surface area (Å²) in [5, 5.41) is 5.19. The van der Waals surface area contributed by atoms with Crippen LogP contribution in [-0.2, 0) is 31.2 Å². The Bertz CT molecular complexity index is 981. The Morgan fingerprint density at radius 1 is 1.13 bits per heavy atom. The average molecular weight is 445 g/mol. The average Bonchev–Trinajstić information content (AvgIpc) is 3.12. The molecule has 31 heavy (non-hydrogen) atoms. The molecule has 2 aromatic rings. The number of carbonyl (C=O) groups excluding carboxylic acids is 2. The molecular formula is C23H29ClN4O3. The van der Waals surface area contributed by atoms with Gasteiger partial charge in [-0.05, 0) is 37.5 Å². The van der Waals surface area contributed by atoms with Gasteiger partial charge in [0.15, 0.2) is 0 Å². The van der Waals surface area contributed by atoms with E-state index in [2.05, 4.69) is 5.10 Å². The van der Waals surface area contributed by atoms with Crippen molar-refractivity contribution in [1.82, 2.24) is 19.6 Å². The first-order chi connectivity index (χ1) is 15.0. The van der Waals surface area contributed by atoms with Crippen LogP contribution in [0.2, 0.25) is 5.02 Å². The van der Waals surface area contributed by atoms with Gasteiger partial charge in [0.05, 0.1) is 18.4 Å². The lowest BCUT2D eigenvalue weighted by Crippen LogP contribution is -2.37. The molecule has 1 saturated heterocycles. The molecule has 0 unspecified atom stereocenters. The van der Waals surface area contributed by atoms with Crippen molar-refractivity contribution >= 4 is 23.4 Å². The molecule has 4 rings (SSSR count). The number of amides is 2. The molecule has 0 aliphatic carbocycles. The molecular weight excluding hydrogens is 416 g/mol. The number of aromatic nitrogens is 2. The van der Waals surface area contributed by atoms with Crippen molar-refractivity contribution in [2.24, 2.45) is 7.05 Å². The lowest BCUT2D eigenvalue weighted by atomic mass is 10.0. The first-order valence-corrected chi connectivity index (χ1v) is 11.3. The van der Waals surface area contributed by atoms with Gasteiger partial charge in [-0.1, -0.05) is 11.6 Å². The summed E-state index contributed by atoms with van der Waals surface area (Å²) in [4.78, 5) is 29.6. The van der Waals surface area contributed by atoms with Gasteiger partial charge >= 0.3 is 0 Å². The molecule has 0 bridgehead atoms. The lowest BCUT2D eigenvalue weighted by Gasteiger charge is -2.28. The predicted molar refractivity (Wildman–Crippen MR) is 118 cm³/mol. The summed E-state index contributed by atoms with van der Waals surface area (Å²) in [7, 11) is 3.49. The number of aryl methyl sites for hydroxylation is 2. The number of nitrogens with zero attached hydrogens (tertiary/aromatic N) is 4. The highest BCUT2D eigenvalue weighted by Gasteiger charge is 2.29. The largest absolute Gasteiger partial charge is 0.496 e. The molecule has 166 valence electrons. The van der Waals surface area contributed by atoms with Crippen molar-refractivity contribution in [1.29, 1.82) is 0 Å². The number of ether oxygens (including phenoxy) is 1. The zero-order valence-corrected chi connectivity index (χ0v) is 19.0. The second-order valence-corrected chi connectivity index (χ2v) is 8.69. The van der Waals surface area contributed by atoms with Gasteiger partial charge in [-0.3, -0.25) is 14.3 Å². The number of methoxy groups -OCH3 is 1. The van der Waals surface area contributed by atoms with Gasteiger partial charge in [0.2, 0.25) is 5.91 Å². The van der Waals surface area contributed by atoms with Crippen molar-refractivity contribution in [3.8, 4) is 5.75 Å². The van der Waals surface area contributed by atoms with Crippen LogP contribution in [0.25, 0.3) is 0 Å². The normalized spacial score (nSPS) is 16.2. The fourth-order valence-electron chi connectivity index (χ4n) is 4.59. The minimum atomic E-state index is -0.107. The van der Waals surface area contributed by atoms with E-state index >= 15 is 0 Å². The van der Waals surface area contributed by atoms with Gasteiger partial charge in [-0.25, -0.2) is 0 Å². The highest BCUT2D eigenvalue weighted by Crippen LogP contribution is 2.28. The van der Waals surface area contributed by atoms with E-state index in [0.717, 1.165) is 49.3 Å². The Kier molecular flexibility index (Phi) is 6.51. The van der Waals surface area contributed by atoms with Crippen LogP contribution in [0.3, 0.4) is 0 Å². The number of rotatable bonds is 5. The molecule has 0 atom stereocenters. The van der Waals surface area contributed by atoms with Crippen LogP contribution in [-0.4, -0.2) is 58.1 Å². The van der Waals surface area contributed by atoms with E-state index in [1.165, 1.54) is 6.42 Å². The third-order valence-corrected chi connectivity index (χ3v) is 6.52. The van der Waals surface area contributed by atoms with Crippen LogP contribution in [0.5, 0.6) is 5.75 Å². The maximum atomic E-state index is 13.2. The SMILES string of the molecule is COc1ccc(Cl)cc1C(=O)N1CCc2c(c(CCC(=O)N3CCCCC3)nn2C)C1. The van der Waals surface area contributed by atoms with Crippen molar-refractivity contribution < 1.29 is 14.3 Å². The Labute approximate surface area is 187 Å². The topological polar surface area (TPSA) is 67.7 Å². The third-order valence-electron chi connectivity index (χ3n) is 6.29. The highest BCUT2D eigenvalue weighted by atomic mass is 35.5. The molecule has 2 aliphatic rings. The summed E-state index contributed by atoms with van der Waals surface area (Å²) in [5.74, 6) is 0.606. The zero-order valence-electron chi connectivity index (χ0n) is 18.2. The van der Waals surface area contributed by atoms with E-state index in [-0.39, 0.29) is 11.8 Å². The molecule has 1 aromatic heterocycles.